The molecule has 0 fully saturated rings. The molecule has 0 unspecified atom stereocenters. The van der Waals surface area contributed by atoms with Crippen LogP contribution >= 0.6 is 0 Å². The van der Waals surface area contributed by atoms with Gasteiger partial charge in [0.15, 0.2) is 5.43 Å². The summed E-state index contributed by atoms with van der Waals surface area (Å²) in [5.74, 6) is 0.523. The number of allylic oxidation sites excluding steroid dienone is 6. The third-order valence-electron chi connectivity index (χ3n) is 2.74. The van der Waals surface area contributed by atoms with Crippen LogP contribution in [0.15, 0.2) is 58.3 Å². The first kappa shape index (κ1) is 28.5. The van der Waals surface area contributed by atoms with Crippen LogP contribution in [0.25, 0.3) is 17.7 Å². The molecular formula is C24H38O2. The molecular weight excluding hydrogens is 320 g/mol. The molecule has 2 nitrogen and oxygen atoms in total. The van der Waals surface area contributed by atoms with Gasteiger partial charge in [-0.15, -0.1) is 0 Å². The minimum Gasteiger partial charge on any atom is -0.456 e. The Morgan fingerprint density at radius 2 is 1.62 bits per heavy atom. The Balaban J connectivity index is -0.000000795. The van der Waals surface area contributed by atoms with E-state index in [9.17, 15) is 4.79 Å². The smallest absolute Gasteiger partial charge is 0.193 e. The summed E-state index contributed by atoms with van der Waals surface area (Å²) in [6.45, 7) is 25.2. The molecule has 0 spiro atoms. The lowest BCUT2D eigenvalue weighted by Gasteiger charge is -2.05. The zero-order valence-corrected chi connectivity index (χ0v) is 18.3. The second-order valence-corrected chi connectivity index (χ2v) is 4.33. The summed E-state index contributed by atoms with van der Waals surface area (Å²) >= 11 is 0. The first-order valence-corrected chi connectivity index (χ1v) is 9.47. The monoisotopic (exact) mass is 358 g/mol. The van der Waals surface area contributed by atoms with Crippen LogP contribution in [0.2, 0.25) is 0 Å². The first-order valence-electron chi connectivity index (χ1n) is 9.47. The summed E-state index contributed by atoms with van der Waals surface area (Å²) in [5.41, 5.74) is 2.11. The minimum atomic E-state index is -0.0909. The molecule has 0 radical (unpaired) electrons. The van der Waals surface area contributed by atoms with Gasteiger partial charge in [-0.1, -0.05) is 79.0 Å². The van der Waals surface area contributed by atoms with Crippen molar-refractivity contribution in [2.45, 2.75) is 62.3 Å². The van der Waals surface area contributed by atoms with Gasteiger partial charge >= 0.3 is 0 Å². The highest BCUT2D eigenvalue weighted by Crippen LogP contribution is 2.19. The van der Waals surface area contributed by atoms with E-state index in [1.165, 1.54) is 6.07 Å². The van der Waals surface area contributed by atoms with Crippen molar-refractivity contribution >= 4 is 17.7 Å². The summed E-state index contributed by atoms with van der Waals surface area (Å²) < 4.78 is 5.81. The first-order chi connectivity index (χ1) is 12.5. The molecule has 0 atom stereocenters. The second kappa shape index (κ2) is 19.0. The lowest BCUT2D eigenvalue weighted by atomic mass is 10.1. The Kier molecular flexibility index (Phi) is 20.8. The molecule has 0 aliphatic carbocycles. The molecule has 0 N–H and O–H groups in total. The zero-order valence-electron chi connectivity index (χ0n) is 18.3. The maximum absolute atomic E-state index is 12.2. The topological polar surface area (TPSA) is 30.2 Å². The molecule has 1 aromatic rings. The Morgan fingerprint density at radius 1 is 1.08 bits per heavy atom. The maximum atomic E-state index is 12.2. The molecule has 1 rings (SSSR count). The molecule has 0 saturated heterocycles. The van der Waals surface area contributed by atoms with Gasteiger partial charge in [-0.2, -0.15) is 0 Å². The average Bonchev–Trinajstić information content (AvgIpc) is 2.68. The minimum absolute atomic E-state index is 0.0909. The zero-order chi connectivity index (χ0) is 21.1. The largest absolute Gasteiger partial charge is 0.456 e. The van der Waals surface area contributed by atoms with Gasteiger partial charge in [0.2, 0.25) is 0 Å². The van der Waals surface area contributed by atoms with E-state index in [1.54, 1.807) is 18.2 Å². The Hall–Kier alpha value is -2.35. The van der Waals surface area contributed by atoms with E-state index in [2.05, 4.69) is 13.2 Å². The summed E-state index contributed by atoms with van der Waals surface area (Å²) in [5, 5.41) is 0.512. The van der Waals surface area contributed by atoms with Crippen molar-refractivity contribution in [3.8, 4) is 0 Å². The van der Waals surface area contributed by atoms with E-state index in [-0.39, 0.29) is 5.43 Å². The average molecular weight is 359 g/mol. The van der Waals surface area contributed by atoms with Crippen LogP contribution in [0.4, 0.5) is 0 Å². The SMILES string of the molecule is C=C/C=c1/c(=O)cc(/C(=C/C=C\C)C(=C)C)o/c1=C/C.CC.CC.CC. The molecule has 1 aromatic heterocycles. The molecule has 1 heterocycles. The standard InChI is InChI=1S/C18H20O2.3C2H6/c1-6-9-11-14(13(4)5)18-12-16(19)15(10-7-2)17(8-3)20-18;3*1-2/h6-12H,2,4H2,1,3,5H3;3*1-2H3/b9-6-,14-11+,15-10-,17-8+;;;. The molecule has 146 valence electrons. The number of rotatable bonds is 4. The lowest BCUT2D eigenvalue weighted by Crippen LogP contribution is -2.38. The number of hydrogen-bond donors (Lipinski definition) is 0. The van der Waals surface area contributed by atoms with Crippen LogP contribution in [0.3, 0.4) is 0 Å². The fraction of sp³-hybridized carbons (Fsp3) is 0.375. The van der Waals surface area contributed by atoms with Crippen molar-refractivity contribution in [1.29, 1.82) is 0 Å². The third-order valence-corrected chi connectivity index (χ3v) is 2.74. The van der Waals surface area contributed by atoms with Crippen LogP contribution in [0.1, 0.15) is 68.1 Å². The van der Waals surface area contributed by atoms with E-state index in [0.717, 1.165) is 11.1 Å². The van der Waals surface area contributed by atoms with Crippen LogP contribution in [-0.2, 0) is 0 Å². The van der Waals surface area contributed by atoms with Gasteiger partial charge in [-0.05, 0) is 38.5 Å². The van der Waals surface area contributed by atoms with E-state index in [4.69, 9.17) is 4.42 Å². The Bertz CT molecular complexity index is 741. The van der Waals surface area contributed by atoms with Gasteiger partial charge in [0.05, 0.1) is 5.22 Å². The molecule has 0 aromatic carbocycles. The second-order valence-electron chi connectivity index (χ2n) is 4.33. The van der Waals surface area contributed by atoms with Gasteiger partial charge in [0, 0.05) is 11.6 Å². The molecule has 0 aliphatic rings. The fourth-order valence-electron chi connectivity index (χ4n) is 1.78. The van der Waals surface area contributed by atoms with E-state index in [1.807, 2.05) is 80.5 Å². The van der Waals surface area contributed by atoms with Crippen LogP contribution in [0.5, 0.6) is 0 Å². The highest BCUT2D eigenvalue weighted by Gasteiger charge is 2.07. The normalized spacial score (nSPS) is 11.5. The van der Waals surface area contributed by atoms with Gasteiger partial charge < -0.3 is 4.42 Å². The summed E-state index contributed by atoms with van der Waals surface area (Å²) in [6.07, 6.45) is 10.7. The number of hydrogen-bond acceptors (Lipinski definition) is 2. The molecule has 0 bridgehead atoms. The van der Waals surface area contributed by atoms with Gasteiger partial charge in [-0.25, -0.2) is 0 Å². The van der Waals surface area contributed by atoms with Crippen molar-refractivity contribution in [1.82, 2.24) is 0 Å². The van der Waals surface area contributed by atoms with Crippen molar-refractivity contribution < 1.29 is 4.42 Å². The molecule has 0 saturated carbocycles. The van der Waals surface area contributed by atoms with E-state index >= 15 is 0 Å². The Labute approximate surface area is 160 Å². The predicted molar refractivity (Wildman–Crippen MR) is 121 cm³/mol. The third kappa shape index (κ3) is 9.83. The maximum Gasteiger partial charge on any atom is 0.193 e. The summed E-state index contributed by atoms with van der Waals surface area (Å²) in [6, 6.07) is 1.49. The van der Waals surface area contributed by atoms with Gasteiger partial charge in [0.1, 0.15) is 11.2 Å². The molecule has 0 aliphatic heterocycles. The highest BCUT2D eigenvalue weighted by molar-refractivity contribution is 5.75. The molecule has 26 heavy (non-hydrogen) atoms. The lowest BCUT2D eigenvalue weighted by molar-refractivity contribution is 0.495. The Morgan fingerprint density at radius 3 is 2.00 bits per heavy atom. The summed E-state index contributed by atoms with van der Waals surface area (Å²) in [7, 11) is 0. The van der Waals surface area contributed by atoms with Crippen LogP contribution in [0, 0.1) is 0 Å². The van der Waals surface area contributed by atoms with Crippen LogP contribution < -0.4 is 16.1 Å². The van der Waals surface area contributed by atoms with Crippen LogP contribution in [-0.4, -0.2) is 0 Å². The fourth-order valence-corrected chi connectivity index (χ4v) is 1.78. The van der Waals surface area contributed by atoms with Gasteiger partial charge in [-0.3, -0.25) is 4.79 Å². The quantitative estimate of drug-likeness (QED) is 0.616. The highest BCUT2D eigenvalue weighted by atomic mass is 16.3. The van der Waals surface area contributed by atoms with E-state index in [0.29, 0.717) is 16.4 Å². The summed E-state index contributed by atoms with van der Waals surface area (Å²) in [4.78, 5) is 12.2. The predicted octanol–water partition coefficient (Wildman–Crippen LogP) is 6.02. The van der Waals surface area contributed by atoms with Crippen molar-refractivity contribution in [3.05, 3.63) is 75.7 Å². The van der Waals surface area contributed by atoms with Gasteiger partial charge in [0.25, 0.3) is 0 Å². The molecule has 0 amide bonds. The molecule has 2 heteroatoms. The van der Waals surface area contributed by atoms with Crippen molar-refractivity contribution in [3.63, 3.8) is 0 Å². The van der Waals surface area contributed by atoms with Crippen molar-refractivity contribution in [2.75, 3.05) is 0 Å². The van der Waals surface area contributed by atoms with Crippen molar-refractivity contribution in [2.24, 2.45) is 0 Å². The van der Waals surface area contributed by atoms with E-state index < -0.39 is 0 Å².